The molecule has 0 aliphatic carbocycles. The summed E-state index contributed by atoms with van der Waals surface area (Å²) < 4.78 is 2.03. The Kier molecular flexibility index (Phi) is 7.45. The minimum absolute atomic E-state index is 0.0238. The molecular formula is C18H32N4O2. The van der Waals surface area contributed by atoms with Crippen LogP contribution in [0.15, 0.2) is 0 Å². The number of hydrogen-bond acceptors (Lipinski definition) is 3. The van der Waals surface area contributed by atoms with E-state index in [4.69, 9.17) is 0 Å². The Balaban J connectivity index is 2.61. The molecule has 2 amide bonds. The average molecular weight is 336 g/mol. The SMILES string of the molecule is Cc1nn(CC(C)C)c(C)c1CCC(=O)N(C)CC(=O)NC(C)C. The van der Waals surface area contributed by atoms with Crippen LogP contribution in [0.1, 0.15) is 51.1 Å². The lowest BCUT2D eigenvalue weighted by atomic mass is 10.1. The summed E-state index contributed by atoms with van der Waals surface area (Å²) in [6.45, 7) is 13.2. The third kappa shape index (κ3) is 5.98. The highest BCUT2D eigenvalue weighted by Crippen LogP contribution is 2.17. The second-order valence-electron chi connectivity index (χ2n) is 7.20. The van der Waals surface area contributed by atoms with Gasteiger partial charge in [0, 0.05) is 31.7 Å². The molecule has 0 unspecified atom stereocenters. The molecule has 24 heavy (non-hydrogen) atoms. The quantitative estimate of drug-likeness (QED) is 0.790. The van der Waals surface area contributed by atoms with Crippen molar-refractivity contribution in [2.75, 3.05) is 13.6 Å². The molecule has 6 nitrogen and oxygen atoms in total. The smallest absolute Gasteiger partial charge is 0.239 e. The van der Waals surface area contributed by atoms with E-state index in [0.717, 1.165) is 23.5 Å². The van der Waals surface area contributed by atoms with Crippen molar-refractivity contribution in [2.45, 2.75) is 67.0 Å². The van der Waals surface area contributed by atoms with Crippen LogP contribution in [0.25, 0.3) is 0 Å². The van der Waals surface area contributed by atoms with Gasteiger partial charge in [0.15, 0.2) is 0 Å². The molecule has 1 N–H and O–H groups in total. The van der Waals surface area contributed by atoms with Crippen LogP contribution in [-0.4, -0.2) is 46.1 Å². The third-order valence-corrected chi connectivity index (χ3v) is 3.91. The van der Waals surface area contributed by atoms with Crippen LogP contribution in [0.2, 0.25) is 0 Å². The van der Waals surface area contributed by atoms with Crippen molar-refractivity contribution in [3.63, 3.8) is 0 Å². The van der Waals surface area contributed by atoms with Gasteiger partial charge < -0.3 is 10.2 Å². The van der Waals surface area contributed by atoms with Gasteiger partial charge in [-0.3, -0.25) is 14.3 Å². The number of amides is 2. The van der Waals surface area contributed by atoms with Crippen LogP contribution in [0.5, 0.6) is 0 Å². The topological polar surface area (TPSA) is 67.2 Å². The molecule has 1 aromatic rings. The van der Waals surface area contributed by atoms with Crippen molar-refractivity contribution in [3.05, 3.63) is 17.0 Å². The Bertz CT molecular complexity index is 576. The van der Waals surface area contributed by atoms with Gasteiger partial charge in [-0.25, -0.2) is 0 Å². The molecule has 1 heterocycles. The molecule has 0 radical (unpaired) electrons. The zero-order valence-corrected chi connectivity index (χ0v) is 16.1. The van der Waals surface area contributed by atoms with Gasteiger partial charge in [0.2, 0.25) is 11.8 Å². The van der Waals surface area contributed by atoms with E-state index in [1.165, 1.54) is 4.90 Å². The molecule has 136 valence electrons. The fourth-order valence-corrected chi connectivity index (χ4v) is 2.71. The monoisotopic (exact) mass is 336 g/mol. The first-order chi connectivity index (χ1) is 11.1. The first kappa shape index (κ1) is 20.2. The predicted molar refractivity (Wildman–Crippen MR) is 95.8 cm³/mol. The number of nitrogens with zero attached hydrogens (tertiary/aromatic N) is 3. The highest BCUT2D eigenvalue weighted by Gasteiger charge is 2.17. The van der Waals surface area contributed by atoms with Gasteiger partial charge in [-0.2, -0.15) is 5.10 Å². The van der Waals surface area contributed by atoms with Gasteiger partial charge >= 0.3 is 0 Å². The lowest BCUT2D eigenvalue weighted by Crippen LogP contribution is -2.40. The summed E-state index contributed by atoms with van der Waals surface area (Å²) >= 11 is 0. The molecule has 1 rings (SSSR count). The van der Waals surface area contributed by atoms with Crippen molar-refractivity contribution in [2.24, 2.45) is 5.92 Å². The van der Waals surface area contributed by atoms with Gasteiger partial charge in [-0.1, -0.05) is 13.8 Å². The van der Waals surface area contributed by atoms with Gasteiger partial charge in [-0.15, -0.1) is 0 Å². The lowest BCUT2D eigenvalue weighted by Gasteiger charge is -2.18. The van der Waals surface area contributed by atoms with E-state index >= 15 is 0 Å². The van der Waals surface area contributed by atoms with E-state index < -0.39 is 0 Å². The fraction of sp³-hybridized carbons (Fsp3) is 0.722. The van der Waals surface area contributed by atoms with E-state index in [1.807, 2.05) is 25.5 Å². The molecule has 6 heteroatoms. The molecule has 0 aromatic carbocycles. The summed E-state index contributed by atoms with van der Waals surface area (Å²) in [6.07, 6.45) is 1.05. The van der Waals surface area contributed by atoms with E-state index in [1.54, 1.807) is 7.05 Å². The summed E-state index contributed by atoms with van der Waals surface area (Å²) in [5.74, 6) is 0.380. The Labute approximate surface area is 145 Å². The number of likely N-dealkylation sites (N-methyl/N-ethyl adjacent to an activating group) is 1. The number of hydrogen-bond donors (Lipinski definition) is 1. The van der Waals surface area contributed by atoms with E-state index in [-0.39, 0.29) is 24.4 Å². The number of aromatic nitrogens is 2. The first-order valence-corrected chi connectivity index (χ1v) is 8.68. The highest BCUT2D eigenvalue weighted by atomic mass is 16.2. The Morgan fingerprint density at radius 3 is 2.38 bits per heavy atom. The van der Waals surface area contributed by atoms with Crippen LogP contribution in [-0.2, 0) is 22.6 Å². The van der Waals surface area contributed by atoms with Crippen LogP contribution >= 0.6 is 0 Å². The summed E-state index contributed by atoms with van der Waals surface area (Å²) in [5, 5.41) is 7.38. The van der Waals surface area contributed by atoms with Crippen LogP contribution < -0.4 is 5.32 Å². The maximum Gasteiger partial charge on any atom is 0.239 e. The fourth-order valence-electron chi connectivity index (χ4n) is 2.71. The number of aryl methyl sites for hydroxylation is 1. The Morgan fingerprint density at radius 1 is 1.21 bits per heavy atom. The second-order valence-corrected chi connectivity index (χ2v) is 7.20. The van der Waals surface area contributed by atoms with Gasteiger partial charge in [0.05, 0.1) is 12.2 Å². The largest absolute Gasteiger partial charge is 0.352 e. The van der Waals surface area contributed by atoms with E-state index in [2.05, 4.69) is 31.2 Å². The number of rotatable bonds is 8. The van der Waals surface area contributed by atoms with Crippen molar-refractivity contribution in [3.8, 4) is 0 Å². The van der Waals surface area contributed by atoms with E-state index in [0.29, 0.717) is 18.8 Å². The van der Waals surface area contributed by atoms with Crippen molar-refractivity contribution < 1.29 is 9.59 Å². The maximum absolute atomic E-state index is 12.3. The summed E-state index contributed by atoms with van der Waals surface area (Å²) in [4.78, 5) is 25.5. The number of nitrogens with one attached hydrogen (secondary N) is 1. The predicted octanol–water partition coefficient (Wildman–Crippen LogP) is 2.07. The van der Waals surface area contributed by atoms with Crippen LogP contribution in [0, 0.1) is 19.8 Å². The zero-order valence-electron chi connectivity index (χ0n) is 16.1. The highest BCUT2D eigenvalue weighted by molar-refractivity contribution is 5.84. The number of carbonyl (C=O) groups excluding carboxylic acids is 2. The molecule has 1 aromatic heterocycles. The minimum atomic E-state index is -0.127. The molecule has 0 aliphatic heterocycles. The molecule has 0 saturated carbocycles. The minimum Gasteiger partial charge on any atom is -0.352 e. The van der Waals surface area contributed by atoms with E-state index in [9.17, 15) is 9.59 Å². The second kappa shape index (κ2) is 8.85. The van der Waals surface area contributed by atoms with Gasteiger partial charge in [0.25, 0.3) is 0 Å². The van der Waals surface area contributed by atoms with Crippen molar-refractivity contribution >= 4 is 11.8 Å². The molecule has 0 spiro atoms. The first-order valence-electron chi connectivity index (χ1n) is 8.68. The molecule has 0 atom stereocenters. The van der Waals surface area contributed by atoms with Crippen molar-refractivity contribution in [1.82, 2.24) is 20.0 Å². The van der Waals surface area contributed by atoms with Crippen molar-refractivity contribution in [1.29, 1.82) is 0 Å². The molecule has 0 bridgehead atoms. The summed E-state index contributed by atoms with van der Waals surface area (Å²) in [7, 11) is 1.67. The Morgan fingerprint density at radius 2 is 1.83 bits per heavy atom. The lowest BCUT2D eigenvalue weighted by molar-refractivity contribution is -0.134. The zero-order chi connectivity index (χ0) is 18.4. The number of carbonyl (C=O) groups is 2. The molecule has 0 saturated heterocycles. The normalized spacial score (nSPS) is 11.2. The molecular weight excluding hydrogens is 304 g/mol. The maximum atomic E-state index is 12.3. The van der Waals surface area contributed by atoms with Gasteiger partial charge in [0.1, 0.15) is 0 Å². The van der Waals surface area contributed by atoms with Gasteiger partial charge in [-0.05, 0) is 45.6 Å². The average Bonchev–Trinajstić information content (AvgIpc) is 2.69. The summed E-state index contributed by atoms with van der Waals surface area (Å²) in [5.41, 5.74) is 3.26. The van der Waals surface area contributed by atoms with Crippen LogP contribution in [0.3, 0.4) is 0 Å². The molecule has 0 aliphatic rings. The Hall–Kier alpha value is -1.85. The molecule has 0 fully saturated rings. The summed E-state index contributed by atoms with van der Waals surface area (Å²) in [6, 6.07) is 0.0816. The van der Waals surface area contributed by atoms with Crippen LogP contribution in [0.4, 0.5) is 0 Å². The third-order valence-electron chi connectivity index (χ3n) is 3.91. The standard InChI is InChI=1S/C18H32N4O2/c1-12(2)10-22-15(6)16(14(5)20-22)8-9-18(24)21(7)11-17(23)19-13(3)4/h12-13H,8-11H2,1-7H3,(H,19,23).